The molecule has 0 saturated carbocycles. The van der Waals surface area contributed by atoms with Crippen LogP contribution in [0.25, 0.3) is 22.5 Å². The minimum atomic E-state index is -0.662. The first kappa shape index (κ1) is 17.3. The van der Waals surface area contributed by atoms with Gasteiger partial charge in [-0.3, -0.25) is 9.36 Å². The van der Waals surface area contributed by atoms with Gasteiger partial charge in [0, 0.05) is 6.20 Å². The number of pyridine rings is 1. The number of carbonyl (C=O) groups is 2. The summed E-state index contributed by atoms with van der Waals surface area (Å²) in [7, 11) is 2.43. The van der Waals surface area contributed by atoms with Crippen LogP contribution in [0.5, 0.6) is 0 Å². The highest BCUT2D eigenvalue weighted by Gasteiger charge is 2.17. The number of methoxy groups -OCH3 is 2. The van der Waals surface area contributed by atoms with Gasteiger partial charge in [0.05, 0.1) is 31.0 Å². The number of fused-ring (bicyclic) bond motifs is 3. The molecule has 4 aromatic rings. The number of carbonyl (C=O) groups excluding carboxylic acids is 2. The highest BCUT2D eigenvalue weighted by Crippen LogP contribution is 2.17. The van der Waals surface area contributed by atoms with Gasteiger partial charge in [-0.2, -0.15) is 14.6 Å². The topological polar surface area (TPSA) is 131 Å². The van der Waals surface area contributed by atoms with E-state index in [-0.39, 0.29) is 28.1 Å². The van der Waals surface area contributed by atoms with Crippen molar-refractivity contribution in [3.05, 3.63) is 58.3 Å². The molecule has 0 aliphatic heterocycles. The van der Waals surface area contributed by atoms with E-state index < -0.39 is 17.5 Å². The van der Waals surface area contributed by atoms with Crippen LogP contribution in [-0.2, 0) is 9.47 Å². The predicted molar refractivity (Wildman–Crippen MR) is 94.4 cm³/mol. The van der Waals surface area contributed by atoms with Gasteiger partial charge in [-0.25, -0.2) is 9.59 Å². The van der Waals surface area contributed by atoms with Gasteiger partial charge in [-0.15, -0.1) is 10.2 Å². The van der Waals surface area contributed by atoms with Crippen LogP contribution in [0.3, 0.4) is 0 Å². The molecule has 0 radical (unpaired) electrons. The van der Waals surface area contributed by atoms with Gasteiger partial charge in [0.1, 0.15) is 11.8 Å². The molecule has 0 saturated heterocycles. The maximum atomic E-state index is 13.0. The zero-order valence-electron chi connectivity index (χ0n) is 14.7. The normalized spacial score (nSPS) is 10.9. The summed E-state index contributed by atoms with van der Waals surface area (Å²) >= 11 is 0. The lowest BCUT2D eigenvalue weighted by Crippen LogP contribution is -2.21. The third-order valence-electron chi connectivity index (χ3n) is 4.08. The standard InChI is InChI=1S/C17H12N6O5/c1-27-15(25)9-5-10(16(26)28-2)7-11(6-9)22-4-3-12-13(14(22)24)20-21-17-18-8-19-23(12)17/h3-8H,1-2H3. The molecule has 0 amide bonds. The van der Waals surface area contributed by atoms with Crippen LogP contribution < -0.4 is 5.56 Å². The zero-order chi connectivity index (χ0) is 19.8. The molecule has 0 unspecified atom stereocenters. The summed E-state index contributed by atoms with van der Waals surface area (Å²) in [6, 6.07) is 5.78. The van der Waals surface area contributed by atoms with E-state index in [1.807, 2.05) is 0 Å². The molecule has 0 spiro atoms. The predicted octanol–water partition coefficient (Wildman–Crippen LogP) is 0.397. The molecule has 3 heterocycles. The monoisotopic (exact) mass is 380 g/mol. The molecule has 3 aromatic heterocycles. The van der Waals surface area contributed by atoms with Crippen LogP contribution >= 0.6 is 0 Å². The molecule has 0 fully saturated rings. The molecule has 0 bridgehead atoms. The number of rotatable bonds is 3. The van der Waals surface area contributed by atoms with Crippen molar-refractivity contribution in [1.82, 2.24) is 29.4 Å². The lowest BCUT2D eigenvalue weighted by molar-refractivity contribution is 0.0599. The Kier molecular flexibility index (Phi) is 4.03. The van der Waals surface area contributed by atoms with Crippen molar-refractivity contribution in [1.29, 1.82) is 0 Å². The molecule has 0 N–H and O–H groups in total. The summed E-state index contributed by atoms with van der Waals surface area (Å²) < 4.78 is 12.1. The SMILES string of the molecule is COC(=O)c1cc(C(=O)OC)cc(-n2ccc3c(nnc4ncnn43)c2=O)c1. The quantitative estimate of drug-likeness (QED) is 0.463. The fourth-order valence-electron chi connectivity index (χ4n) is 2.77. The van der Waals surface area contributed by atoms with E-state index in [1.54, 1.807) is 6.07 Å². The summed E-state index contributed by atoms with van der Waals surface area (Å²) in [6.45, 7) is 0. The first-order valence-electron chi connectivity index (χ1n) is 7.93. The van der Waals surface area contributed by atoms with Crippen molar-refractivity contribution < 1.29 is 19.1 Å². The Morgan fingerprint density at radius 1 is 1.00 bits per heavy atom. The molecule has 140 valence electrons. The van der Waals surface area contributed by atoms with Crippen molar-refractivity contribution in [3.8, 4) is 5.69 Å². The third-order valence-corrected chi connectivity index (χ3v) is 4.08. The average molecular weight is 380 g/mol. The Morgan fingerprint density at radius 3 is 2.32 bits per heavy atom. The van der Waals surface area contributed by atoms with Gasteiger partial charge in [0.15, 0.2) is 5.52 Å². The molecule has 0 aliphatic rings. The molecule has 11 nitrogen and oxygen atoms in total. The number of benzene rings is 1. The molecule has 0 atom stereocenters. The lowest BCUT2D eigenvalue weighted by Gasteiger charge is -2.11. The lowest BCUT2D eigenvalue weighted by atomic mass is 10.1. The minimum Gasteiger partial charge on any atom is -0.465 e. The van der Waals surface area contributed by atoms with E-state index in [9.17, 15) is 14.4 Å². The molecule has 1 aromatic carbocycles. The highest BCUT2D eigenvalue weighted by atomic mass is 16.5. The second-order valence-corrected chi connectivity index (χ2v) is 5.65. The van der Waals surface area contributed by atoms with E-state index >= 15 is 0 Å². The number of ether oxygens (including phenoxy) is 2. The average Bonchev–Trinajstić information content (AvgIpc) is 3.21. The van der Waals surface area contributed by atoms with Crippen LogP contribution in [0.15, 0.2) is 41.6 Å². The summed E-state index contributed by atoms with van der Waals surface area (Å²) in [6.07, 6.45) is 2.78. The van der Waals surface area contributed by atoms with Crippen LogP contribution in [0.4, 0.5) is 0 Å². The fraction of sp³-hybridized carbons (Fsp3) is 0.118. The number of nitrogens with zero attached hydrogens (tertiary/aromatic N) is 6. The zero-order valence-corrected chi connectivity index (χ0v) is 14.7. The van der Waals surface area contributed by atoms with E-state index in [2.05, 4.69) is 20.3 Å². The largest absolute Gasteiger partial charge is 0.465 e. The number of hydrogen-bond donors (Lipinski definition) is 0. The molecular formula is C17H12N6O5. The molecular weight excluding hydrogens is 368 g/mol. The Hall–Kier alpha value is -4.15. The number of hydrogen-bond acceptors (Lipinski definition) is 9. The van der Waals surface area contributed by atoms with E-state index in [0.29, 0.717) is 5.52 Å². The molecule has 28 heavy (non-hydrogen) atoms. The minimum absolute atomic E-state index is 0.0450. The van der Waals surface area contributed by atoms with Crippen molar-refractivity contribution in [2.75, 3.05) is 14.2 Å². The maximum Gasteiger partial charge on any atom is 0.337 e. The molecule has 11 heteroatoms. The van der Waals surface area contributed by atoms with Crippen LogP contribution in [-0.4, -0.2) is 55.5 Å². The van der Waals surface area contributed by atoms with Gasteiger partial charge in [0.2, 0.25) is 0 Å². The van der Waals surface area contributed by atoms with Gasteiger partial charge in [-0.1, -0.05) is 0 Å². The first-order valence-corrected chi connectivity index (χ1v) is 7.93. The van der Waals surface area contributed by atoms with Crippen molar-refractivity contribution >= 4 is 28.7 Å². The van der Waals surface area contributed by atoms with Crippen LogP contribution in [0, 0.1) is 0 Å². The summed E-state index contributed by atoms with van der Waals surface area (Å²) in [5.41, 5.74) is 0.385. The van der Waals surface area contributed by atoms with Crippen molar-refractivity contribution in [3.63, 3.8) is 0 Å². The summed E-state index contributed by atoms with van der Waals surface area (Å²) in [5, 5.41) is 11.8. The summed E-state index contributed by atoms with van der Waals surface area (Å²) in [4.78, 5) is 40.8. The van der Waals surface area contributed by atoms with Crippen LogP contribution in [0.2, 0.25) is 0 Å². The molecule has 0 aliphatic carbocycles. The van der Waals surface area contributed by atoms with Crippen molar-refractivity contribution in [2.45, 2.75) is 0 Å². The van der Waals surface area contributed by atoms with Gasteiger partial charge < -0.3 is 9.47 Å². The summed E-state index contributed by atoms with van der Waals surface area (Å²) in [5.74, 6) is -1.07. The Morgan fingerprint density at radius 2 is 1.68 bits per heavy atom. The Balaban J connectivity index is 1.97. The van der Waals surface area contributed by atoms with E-state index in [0.717, 1.165) is 0 Å². The number of aromatic nitrogens is 6. The van der Waals surface area contributed by atoms with Crippen molar-refractivity contribution in [2.24, 2.45) is 0 Å². The van der Waals surface area contributed by atoms with Gasteiger partial charge in [0.25, 0.3) is 11.3 Å². The second kappa shape index (κ2) is 6.54. The Labute approximate surface area is 156 Å². The Bertz CT molecular complexity index is 1270. The van der Waals surface area contributed by atoms with E-state index in [4.69, 9.17) is 9.47 Å². The maximum absolute atomic E-state index is 13.0. The smallest absolute Gasteiger partial charge is 0.337 e. The van der Waals surface area contributed by atoms with Gasteiger partial charge in [-0.05, 0) is 24.3 Å². The number of esters is 2. The fourth-order valence-corrected chi connectivity index (χ4v) is 2.77. The highest BCUT2D eigenvalue weighted by molar-refractivity contribution is 5.96. The third kappa shape index (κ3) is 2.65. The van der Waals surface area contributed by atoms with Crippen LogP contribution in [0.1, 0.15) is 20.7 Å². The second-order valence-electron chi connectivity index (χ2n) is 5.65. The first-order chi connectivity index (χ1) is 13.5. The van der Waals surface area contributed by atoms with E-state index in [1.165, 1.54) is 54.0 Å². The van der Waals surface area contributed by atoms with Gasteiger partial charge >= 0.3 is 11.9 Å². The molecule has 4 rings (SSSR count).